The van der Waals surface area contributed by atoms with Crippen molar-refractivity contribution in [2.45, 2.75) is 12.8 Å². The Kier molecular flexibility index (Phi) is 4.62. The van der Waals surface area contributed by atoms with Crippen LogP contribution in [0.3, 0.4) is 0 Å². The summed E-state index contributed by atoms with van der Waals surface area (Å²) in [5.41, 5.74) is 6.54. The molecule has 0 aliphatic carbocycles. The van der Waals surface area contributed by atoms with Crippen LogP contribution in [0.15, 0.2) is 36.7 Å². The number of para-hydroxylation sites is 1. The van der Waals surface area contributed by atoms with Crippen molar-refractivity contribution in [2.75, 3.05) is 29.0 Å². The van der Waals surface area contributed by atoms with Crippen molar-refractivity contribution >= 4 is 34.8 Å². The molecule has 1 aromatic heterocycles. The van der Waals surface area contributed by atoms with E-state index in [1.54, 1.807) is 0 Å². The molecule has 0 bridgehead atoms. The number of nitrogens with two attached hydrogens (primary N) is 1. The Balaban J connectivity index is 1.71. The summed E-state index contributed by atoms with van der Waals surface area (Å²) in [7, 11) is 0. The average Bonchev–Trinajstić information content (AvgIpc) is 2.58. The Hall–Kier alpha value is -2.34. The Labute approximate surface area is 139 Å². The van der Waals surface area contributed by atoms with E-state index in [-0.39, 0.29) is 17.6 Å². The Morgan fingerprint density at radius 1 is 1.30 bits per heavy atom. The second kappa shape index (κ2) is 6.83. The van der Waals surface area contributed by atoms with Crippen LogP contribution < -0.4 is 16.0 Å². The zero-order valence-corrected chi connectivity index (χ0v) is 13.3. The van der Waals surface area contributed by atoms with Gasteiger partial charge < -0.3 is 16.0 Å². The lowest BCUT2D eigenvalue weighted by molar-refractivity contribution is -0.120. The molecule has 6 nitrogen and oxygen atoms in total. The molecule has 120 valence electrons. The number of nitrogen functional groups attached to an aromatic ring is 1. The molecule has 1 aromatic carbocycles. The highest BCUT2D eigenvalue weighted by Gasteiger charge is 2.28. The van der Waals surface area contributed by atoms with Crippen molar-refractivity contribution in [2.24, 2.45) is 5.92 Å². The number of hydrogen-bond acceptors (Lipinski definition) is 5. The fourth-order valence-corrected chi connectivity index (χ4v) is 2.96. The van der Waals surface area contributed by atoms with Crippen molar-refractivity contribution in [1.82, 2.24) is 9.97 Å². The first-order chi connectivity index (χ1) is 11.1. The van der Waals surface area contributed by atoms with E-state index in [0.29, 0.717) is 17.4 Å². The van der Waals surface area contributed by atoms with E-state index >= 15 is 0 Å². The topological polar surface area (TPSA) is 84.1 Å². The van der Waals surface area contributed by atoms with E-state index in [0.717, 1.165) is 25.1 Å². The molecule has 23 heavy (non-hydrogen) atoms. The molecule has 0 radical (unpaired) electrons. The van der Waals surface area contributed by atoms with Crippen LogP contribution in [0.5, 0.6) is 0 Å². The lowest BCUT2D eigenvalue weighted by Crippen LogP contribution is -2.41. The van der Waals surface area contributed by atoms with Crippen LogP contribution in [0, 0.1) is 5.92 Å². The summed E-state index contributed by atoms with van der Waals surface area (Å²) in [6, 6.07) is 9.46. The molecular formula is C16H18ClN5O. The first-order valence-corrected chi connectivity index (χ1v) is 7.90. The maximum atomic E-state index is 12.5. The number of aromatic nitrogens is 2. The van der Waals surface area contributed by atoms with Crippen molar-refractivity contribution in [3.63, 3.8) is 0 Å². The van der Waals surface area contributed by atoms with Gasteiger partial charge in [-0.15, -0.1) is 0 Å². The Morgan fingerprint density at radius 2 is 2.09 bits per heavy atom. The predicted octanol–water partition coefficient (Wildman–Crippen LogP) is 2.57. The molecule has 7 heteroatoms. The molecule has 1 saturated heterocycles. The van der Waals surface area contributed by atoms with Gasteiger partial charge in [-0.25, -0.2) is 9.97 Å². The Bertz CT molecular complexity index is 694. The first kappa shape index (κ1) is 15.6. The fourth-order valence-electron chi connectivity index (χ4n) is 2.74. The van der Waals surface area contributed by atoms with Crippen molar-refractivity contribution in [3.8, 4) is 0 Å². The molecule has 2 heterocycles. The summed E-state index contributed by atoms with van der Waals surface area (Å²) < 4.78 is 0. The number of piperidine rings is 1. The van der Waals surface area contributed by atoms with Crippen LogP contribution in [0.4, 0.5) is 17.3 Å². The lowest BCUT2D eigenvalue weighted by atomic mass is 9.97. The molecule has 1 unspecified atom stereocenters. The van der Waals surface area contributed by atoms with E-state index in [1.165, 1.54) is 6.33 Å². The second-order valence-corrected chi connectivity index (χ2v) is 5.91. The van der Waals surface area contributed by atoms with Gasteiger partial charge >= 0.3 is 0 Å². The van der Waals surface area contributed by atoms with Gasteiger partial charge in [0.2, 0.25) is 5.91 Å². The number of nitrogens with one attached hydrogen (secondary N) is 1. The highest BCUT2D eigenvalue weighted by molar-refractivity contribution is 6.35. The van der Waals surface area contributed by atoms with Gasteiger partial charge in [0, 0.05) is 18.8 Å². The summed E-state index contributed by atoms with van der Waals surface area (Å²) in [4.78, 5) is 22.6. The highest BCUT2D eigenvalue weighted by atomic mass is 35.5. The lowest BCUT2D eigenvalue weighted by Gasteiger charge is -2.33. The van der Waals surface area contributed by atoms with Gasteiger partial charge in [0.15, 0.2) is 5.82 Å². The monoisotopic (exact) mass is 331 g/mol. The average molecular weight is 332 g/mol. The number of benzene rings is 1. The molecule has 0 spiro atoms. The van der Waals surface area contributed by atoms with Crippen LogP contribution >= 0.6 is 11.6 Å². The number of halogens is 1. The third-order valence-electron chi connectivity index (χ3n) is 3.93. The third-order valence-corrected chi connectivity index (χ3v) is 4.29. The summed E-state index contributed by atoms with van der Waals surface area (Å²) >= 11 is 6.19. The number of rotatable bonds is 3. The minimum Gasteiger partial charge on any atom is -0.382 e. The number of anilines is 3. The molecule has 2 aromatic rings. The minimum absolute atomic E-state index is 0.0130. The highest BCUT2D eigenvalue weighted by Crippen LogP contribution is 2.30. The summed E-state index contributed by atoms with van der Waals surface area (Å²) in [6.07, 6.45) is 3.13. The molecule has 1 aliphatic rings. The maximum absolute atomic E-state index is 12.5. The van der Waals surface area contributed by atoms with Crippen LogP contribution in [-0.4, -0.2) is 29.0 Å². The normalized spacial score (nSPS) is 17.8. The van der Waals surface area contributed by atoms with Gasteiger partial charge in [0.25, 0.3) is 0 Å². The van der Waals surface area contributed by atoms with Crippen LogP contribution in [0.25, 0.3) is 0 Å². The maximum Gasteiger partial charge on any atom is 0.229 e. The van der Waals surface area contributed by atoms with Gasteiger partial charge in [0.1, 0.15) is 17.2 Å². The van der Waals surface area contributed by atoms with E-state index in [9.17, 15) is 4.79 Å². The molecule has 1 aliphatic heterocycles. The van der Waals surface area contributed by atoms with Crippen LogP contribution in [0.2, 0.25) is 5.02 Å². The SMILES string of the molecule is Nc1ncnc(N2CCCC(C(=O)Nc3ccccc3)C2)c1Cl. The molecule has 1 atom stereocenters. The van der Waals surface area contributed by atoms with Gasteiger partial charge in [-0.1, -0.05) is 29.8 Å². The van der Waals surface area contributed by atoms with Gasteiger partial charge in [-0.05, 0) is 25.0 Å². The summed E-state index contributed by atoms with van der Waals surface area (Å²) in [5, 5.41) is 3.30. The molecular weight excluding hydrogens is 314 g/mol. The van der Waals surface area contributed by atoms with Gasteiger partial charge in [0.05, 0.1) is 5.92 Å². The van der Waals surface area contributed by atoms with Gasteiger partial charge in [-0.3, -0.25) is 4.79 Å². The predicted molar refractivity (Wildman–Crippen MR) is 91.5 cm³/mol. The number of amides is 1. The van der Waals surface area contributed by atoms with Crippen molar-refractivity contribution < 1.29 is 4.79 Å². The van der Waals surface area contributed by atoms with E-state index < -0.39 is 0 Å². The summed E-state index contributed by atoms with van der Waals surface area (Å²) in [6.45, 7) is 1.36. The molecule has 0 saturated carbocycles. The Morgan fingerprint density at radius 3 is 2.87 bits per heavy atom. The zero-order valence-electron chi connectivity index (χ0n) is 12.6. The minimum atomic E-state index is -0.115. The zero-order chi connectivity index (χ0) is 16.2. The quantitative estimate of drug-likeness (QED) is 0.903. The van der Waals surface area contributed by atoms with E-state index in [1.807, 2.05) is 35.2 Å². The van der Waals surface area contributed by atoms with Crippen LogP contribution in [0.1, 0.15) is 12.8 Å². The van der Waals surface area contributed by atoms with Gasteiger partial charge in [-0.2, -0.15) is 0 Å². The van der Waals surface area contributed by atoms with E-state index in [2.05, 4.69) is 15.3 Å². The number of nitrogens with zero attached hydrogens (tertiary/aromatic N) is 3. The fraction of sp³-hybridized carbons (Fsp3) is 0.312. The number of carbonyl (C=O) groups excluding carboxylic acids is 1. The first-order valence-electron chi connectivity index (χ1n) is 7.52. The smallest absolute Gasteiger partial charge is 0.229 e. The largest absolute Gasteiger partial charge is 0.382 e. The second-order valence-electron chi connectivity index (χ2n) is 5.54. The molecule has 3 N–H and O–H groups in total. The van der Waals surface area contributed by atoms with Crippen molar-refractivity contribution in [1.29, 1.82) is 0 Å². The van der Waals surface area contributed by atoms with E-state index in [4.69, 9.17) is 17.3 Å². The molecule has 1 fully saturated rings. The summed E-state index contributed by atoms with van der Waals surface area (Å²) in [5.74, 6) is 0.749. The number of hydrogen-bond donors (Lipinski definition) is 2. The van der Waals surface area contributed by atoms with Crippen molar-refractivity contribution in [3.05, 3.63) is 41.7 Å². The van der Waals surface area contributed by atoms with Crippen LogP contribution in [-0.2, 0) is 4.79 Å². The molecule has 3 rings (SSSR count). The molecule has 1 amide bonds. The number of carbonyl (C=O) groups is 1. The standard InChI is InChI=1S/C16H18ClN5O/c17-13-14(18)19-10-20-15(13)22-8-4-5-11(9-22)16(23)21-12-6-2-1-3-7-12/h1-3,6-7,10-11H,4-5,8-9H2,(H,21,23)(H2,18,19,20). The third kappa shape index (κ3) is 3.53.